The molecule has 2 N–H and O–H groups in total. The number of nitrogens with zero attached hydrogens (tertiary/aromatic N) is 2. The van der Waals surface area contributed by atoms with E-state index in [0.29, 0.717) is 21.5 Å². The molecule has 0 spiro atoms. The van der Waals surface area contributed by atoms with Gasteiger partial charge in [0.15, 0.2) is 5.65 Å². The number of hydrogen-bond donors (Lipinski definition) is 1. The van der Waals surface area contributed by atoms with Crippen molar-refractivity contribution in [1.82, 2.24) is 9.38 Å². The van der Waals surface area contributed by atoms with Crippen LogP contribution in [0.1, 0.15) is 0 Å². The lowest BCUT2D eigenvalue weighted by Gasteiger charge is -2.00. The number of anilines is 1. The Morgan fingerprint density at radius 1 is 1.19 bits per heavy atom. The van der Waals surface area contributed by atoms with Crippen LogP contribution in [0.3, 0.4) is 0 Å². The van der Waals surface area contributed by atoms with Gasteiger partial charge in [-0.1, -0.05) is 41.4 Å². The molecule has 1 aromatic carbocycles. The fourth-order valence-electron chi connectivity index (χ4n) is 2.45. The van der Waals surface area contributed by atoms with Crippen molar-refractivity contribution in [3.05, 3.63) is 52.0 Å². The number of aromatic nitrogens is 2. The van der Waals surface area contributed by atoms with Crippen LogP contribution in [-0.4, -0.2) is 9.38 Å². The zero-order valence-electron chi connectivity index (χ0n) is 10.7. The Morgan fingerprint density at radius 3 is 2.86 bits per heavy atom. The lowest BCUT2D eigenvalue weighted by Crippen LogP contribution is -1.94. The molecule has 0 aliphatic heterocycles. The molecule has 0 aliphatic rings. The SMILES string of the molecule is Nc1c(-c2csc3ccccc23)nc2c(Cl)cc(Cl)cn12. The Bertz CT molecular complexity index is 987. The third-order valence-electron chi connectivity index (χ3n) is 3.41. The fraction of sp³-hybridized carbons (Fsp3) is 0. The first-order chi connectivity index (χ1) is 10.1. The van der Waals surface area contributed by atoms with Gasteiger partial charge in [-0.2, -0.15) is 0 Å². The van der Waals surface area contributed by atoms with Gasteiger partial charge in [-0.15, -0.1) is 11.3 Å². The van der Waals surface area contributed by atoms with Crippen molar-refractivity contribution in [3.63, 3.8) is 0 Å². The van der Waals surface area contributed by atoms with Gasteiger partial charge in [0, 0.05) is 27.2 Å². The van der Waals surface area contributed by atoms with Crippen molar-refractivity contribution < 1.29 is 0 Å². The van der Waals surface area contributed by atoms with Gasteiger partial charge < -0.3 is 5.73 Å². The second-order valence-corrected chi connectivity index (χ2v) is 6.45. The summed E-state index contributed by atoms with van der Waals surface area (Å²) in [5, 5.41) is 4.22. The number of hydrogen-bond acceptors (Lipinski definition) is 3. The molecule has 0 amide bonds. The molecule has 0 saturated heterocycles. The van der Waals surface area contributed by atoms with Crippen molar-refractivity contribution in [2.45, 2.75) is 0 Å². The number of thiophene rings is 1. The van der Waals surface area contributed by atoms with Gasteiger partial charge in [-0.25, -0.2) is 4.98 Å². The van der Waals surface area contributed by atoms with E-state index >= 15 is 0 Å². The maximum atomic E-state index is 6.25. The summed E-state index contributed by atoms with van der Waals surface area (Å²) in [7, 11) is 0. The zero-order valence-corrected chi connectivity index (χ0v) is 13.0. The number of halogens is 2. The molecule has 0 unspecified atom stereocenters. The van der Waals surface area contributed by atoms with Crippen molar-refractivity contribution in [1.29, 1.82) is 0 Å². The molecule has 21 heavy (non-hydrogen) atoms. The van der Waals surface area contributed by atoms with Gasteiger partial charge in [0.25, 0.3) is 0 Å². The van der Waals surface area contributed by atoms with Crippen molar-refractivity contribution in [2.24, 2.45) is 0 Å². The molecule has 104 valence electrons. The lowest BCUT2D eigenvalue weighted by atomic mass is 10.1. The quantitative estimate of drug-likeness (QED) is 0.526. The number of fused-ring (bicyclic) bond motifs is 2. The van der Waals surface area contributed by atoms with E-state index in [1.807, 2.05) is 12.1 Å². The van der Waals surface area contributed by atoms with Gasteiger partial charge in [-0.3, -0.25) is 4.40 Å². The summed E-state index contributed by atoms with van der Waals surface area (Å²) in [5.74, 6) is 0.540. The number of imidazole rings is 1. The van der Waals surface area contributed by atoms with Crippen LogP contribution in [0.15, 0.2) is 41.9 Å². The summed E-state index contributed by atoms with van der Waals surface area (Å²) in [4.78, 5) is 4.60. The number of benzene rings is 1. The minimum atomic E-state index is 0.486. The van der Waals surface area contributed by atoms with E-state index in [9.17, 15) is 0 Å². The van der Waals surface area contributed by atoms with Crippen LogP contribution in [0.2, 0.25) is 10.0 Å². The molecule has 0 radical (unpaired) electrons. The first kappa shape index (κ1) is 13.0. The Hall–Kier alpha value is -1.75. The van der Waals surface area contributed by atoms with Crippen LogP contribution in [0.4, 0.5) is 5.82 Å². The third-order valence-corrected chi connectivity index (χ3v) is 4.86. The van der Waals surface area contributed by atoms with Crippen molar-refractivity contribution in [2.75, 3.05) is 5.73 Å². The Labute approximate surface area is 134 Å². The fourth-order valence-corrected chi connectivity index (χ4v) is 3.91. The predicted octanol–water partition coefficient (Wildman–Crippen LogP) is 5.11. The summed E-state index contributed by atoms with van der Waals surface area (Å²) in [5.41, 5.74) is 8.61. The van der Waals surface area contributed by atoms with E-state index < -0.39 is 0 Å². The predicted molar refractivity (Wildman–Crippen MR) is 90.4 cm³/mol. The smallest absolute Gasteiger partial charge is 0.158 e. The number of rotatable bonds is 1. The van der Waals surface area contributed by atoms with E-state index in [1.165, 1.54) is 4.70 Å². The second kappa shape index (κ2) is 4.63. The molecule has 3 heterocycles. The van der Waals surface area contributed by atoms with Crippen molar-refractivity contribution in [3.8, 4) is 11.3 Å². The molecular weight excluding hydrogens is 325 g/mol. The highest BCUT2D eigenvalue weighted by atomic mass is 35.5. The van der Waals surface area contributed by atoms with Crippen LogP contribution in [-0.2, 0) is 0 Å². The maximum absolute atomic E-state index is 6.25. The molecule has 3 aromatic heterocycles. The Morgan fingerprint density at radius 2 is 2.00 bits per heavy atom. The largest absolute Gasteiger partial charge is 0.383 e. The van der Waals surface area contributed by atoms with Crippen LogP contribution in [0.5, 0.6) is 0 Å². The summed E-state index contributed by atoms with van der Waals surface area (Å²) in [6.45, 7) is 0. The first-order valence-corrected chi connectivity index (χ1v) is 7.88. The number of pyridine rings is 1. The van der Waals surface area contributed by atoms with Gasteiger partial charge in [0.05, 0.1) is 10.0 Å². The highest BCUT2D eigenvalue weighted by Gasteiger charge is 2.17. The van der Waals surface area contributed by atoms with Gasteiger partial charge in [0.2, 0.25) is 0 Å². The molecule has 3 nitrogen and oxygen atoms in total. The van der Waals surface area contributed by atoms with Gasteiger partial charge in [-0.05, 0) is 12.1 Å². The minimum absolute atomic E-state index is 0.486. The third kappa shape index (κ3) is 1.91. The average Bonchev–Trinajstić information content (AvgIpc) is 3.01. The van der Waals surface area contributed by atoms with Gasteiger partial charge in [0.1, 0.15) is 11.5 Å². The molecule has 0 fully saturated rings. The van der Waals surface area contributed by atoms with Crippen LogP contribution < -0.4 is 5.73 Å². The highest BCUT2D eigenvalue weighted by molar-refractivity contribution is 7.17. The van der Waals surface area contributed by atoms with E-state index in [4.69, 9.17) is 28.9 Å². The Kier molecular flexibility index (Phi) is 2.85. The van der Waals surface area contributed by atoms with E-state index in [1.54, 1.807) is 28.0 Å². The molecule has 4 rings (SSSR count). The average molecular weight is 334 g/mol. The summed E-state index contributed by atoms with van der Waals surface area (Å²) < 4.78 is 2.93. The zero-order chi connectivity index (χ0) is 14.6. The number of nitrogens with two attached hydrogens (primary N) is 1. The second-order valence-electron chi connectivity index (χ2n) is 4.69. The molecule has 0 saturated carbocycles. The molecule has 0 bridgehead atoms. The minimum Gasteiger partial charge on any atom is -0.383 e. The molecular formula is C15H9Cl2N3S. The van der Waals surface area contributed by atoms with E-state index in [2.05, 4.69) is 22.5 Å². The number of nitrogen functional groups attached to an aromatic ring is 1. The van der Waals surface area contributed by atoms with Crippen molar-refractivity contribution >= 4 is 56.1 Å². The summed E-state index contributed by atoms with van der Waals surface area (Å²) in [6.07, 6.45) is 1.73. The highest BCUT2D eigenvalue weighted by Crippen LogP contribution is 2.37. The molecule has 4 aromatic rings. The topological polar surface area (TPSA) is 43.3 Å². The monoisotopic (exact) mass is 333 g/mol. The van der Waals surface area contributed by atoms with Crippen LogP contribution in [0, 0.1) is 0 Å². The lowest BCUT2D eigenvalue weighted by molar-refractivity contribution is 1.20. The summed E-state index contributed by atoms with van der Waals surface area (Å²) in [6, 6.07) is 9.85. The van der Waals surface area contributed by atoms with Crippen LogP contribution in [0.25, 0.3) is 27.0 Å². The van der Waals surface area contributed by atoms with E-state index in [-0.39, 0.29) is 0 Å². The Balaban J connectivity index is 2.07. The molecule has 0 atom stereocenters. The summed E-state index contributed by atoms with van der Waals surface area (Å²) >= 11 is 13.9. The van der Waals surface area contributed by atoms with Gasteiger partial charge >= 0.3 is 0 Å². The first-order valence-electron chi connectivity index (χ1n) is 6.24. The van der Waals surface area contributed by atoms with E-state index in [0.717, 1.165) is 16.6 Å². The maximum Gasteiger partial charge on any atom is 0.158 e. The standard InChI is InChI=1S/C15H9Cl2N3S/c16-8-5-11(17)15-19-13(14(18)20(15)6-8)10-7-21-12-4-2-1-3-9(10)12/h1-7H,18H2. The normalized spacial score (nSPS) is 11.5. The van der Waals surface area contributed by atoms with Crippen LogP contribution >= 0.6 is 34.5 Å². The molecule has 0 aliphatic carbocycles. The molecule has 6 heteroatoms.